The number of hydrogen-bond acceptors (Lipinski definition) is 4. The number of anilines is 1. The molecule has 3 N–H and O–H groups in total. The van der Waals surface area contributed by atoms with Crippen LogP contribution in [0.5, 0.6) is 0 Å². The summed E-state index contributed by atoms with van der Waals surface area (Å²) < 4.78 is 0. The van der Waals surface area contributed by atoms with Crippen molar-refractivity contribution in [3.05, 3.63) is 65.7 Å². The Labute approximate surface area is 159 Å². The molecule has 0 radical (unpaired) electrons. The molecule has 0 spiro atoms. The van der Waals surface area contributed by atoms with Crippen molar-refractivity contribution in [3.8, 4) is 0 Å². The van der Waals surface area contributed by atoms with E-state index in [1.807, 2.05) is 42.2 Å². The largest absolute Gasteiger partial charge is 0.371 e. The maximum absolute atomic E-state index is 13.2. The van der Waals surface area contributed by atoms with Crippen molar-refractivity contribution in [1.82, 2.24) is 10.4 Å². The fourth-order valence-corrected chi connectivity index (χ4v) is 3.58. The molecular weight excluding hydrogens is 342 g/mol. The molecule has 1 saturated heterocycles. The van der Waals surface area contributed by atoms with E-state index in [0.717, 1.165) is 11.3 Å². The molecule has 1 heterocycles. The Balaban J connectivity index is 1.78. The van der Waals surface area contributed by atoms with Gasteiger partial charge in [0.15, 0.2) is 0 Å². The number of benzene rings is 2. The van der Waals surface area contributed by atoms with Crippen LogP contribution in [0.15, 0.2) is 54.6 Å². The van der Waals surface area contributed by atoms with Gasteiger partial charge in [0.05, 0.1) is 5.54 Å². The van der Waals surface area contributed by atoms with E-state index in [2.05, 4.69) is 19.2 Å². The molecule has 1 atom stereocenters. The lowest BCUT2D eigenvalue weighted by Gasteiger charge is -2.37. The molecule has 3 rings (SSSR count). The minimum Gasteiger partial charge on any atom is -0.371 e. The van der Waals surface area contributed by atoms with Crippen LogP contribution in [-0.4, -0.2) is 34.0 Å². The van der Waals surface area contributed by atoms with Crippen LogP contribution in [0.3, 0.4) is 0 Å². The van der Waals surface area contributed by atoms with E-state index in [9.17, 15) is 9.59 Å². The zero-order valence-corrected chi connectivity index (χ0v) is 15.8. The monoisotopic (exact) mass is 367 g/mol. The molecule has 6 nitrogen and oxygen atoms in total. The number of rotatable bonds is 5. The second kappa shape index (κ2) is 7.04. The molecule has 1 fully saturated rings. The number of amides is 2. The average Bonchev–Trinajstić information content (AvgIpc) is 2.97. The normalized spacial score (nSPS) is 19.9. The van der Waals surface area contributed by atoms with Crippen LogP contribution < -0.4 is 10.8 Å². The van der Waals surface area contributed by atoms with Gasteiger partial charge in [0.1, 0.15) is 5.54 Å². The molecule has 2 aromatic carbocycles. The van der Waals surface area contributed by atoms with Gasteiger partial charge in [0.25, 0.3) is 5.91 Å². The number of likely N-dealkylation sites (tertiary alicyclic amines) is 1. The Morgan fingerprint density at radius 1 is 1.11 bits per heavy atom. The maximum Gasteiger partial charge on any atom is 0.274 e. The Bertz CT molecular complexity index is 834. The van der Waals surface area contributed by atoms with Gasteiger partial charge in [-0.05, 0) is 57.0 Å². The summed E-state index contributed by atoms with van der Waals surface area (Å²) in [6.07, 6.45) is 0.682. The summed E-state index contributed by atoms with van der Waals surface area (Å²) >= 11 is 0. The minimum atomic E-state index is -0.715. The summed E-state index contributed by atoms with van der Waals surface area (Å²) in [6, 6.07) is 16.7. The van der Waals surface area contributed by atoms with Gasteiger partial charge >= 0.3 is 0 Å². The molecule has 0 aromatic heterocycles. The van der Waals surface area contributed by atoms with Crippen molar-refractivity contribution in [1.29, 1.82) is 0 Å². The fourth-order valence-electron chi connectivity index (χ4n) is 3.58. The van der Waals surface area contributed by atoms with Crippen molar-refractivity contribution in [2.24, 2.45) is 0 Å². The SMILES string of the molecule is CC1(Nc2ccc(C(=O)NO)cc2)CCN(C(C)(C)c2ccccc2)C1=O. The van der Waals surface area contributed by atoms with Crippen LogP contribution in [0.1, 0.15) is 43.1 Å². The number of hydrogen-bond donors (Lipinski definition) is 3. The first-order valence-electron chi connectivity index (χ1n) is 8.98. The molecule has 0 bridgehead atoms. The number of nitrogens with zero attached hydrogens (tertiary/aromatic N) is 1. The van der Waals surface area contributed by atoms with Crippen LogP contribution in [-0.2, 0) is 10.3 Å². The second-order valence-electron chi connectivity index (χ2n) is 7.61. The van der Waals surface area contributed by atoms with Gasteiger partial charge in [-0.3, -0.25) is 14.8 Å². The highest BCUT2D eigenvalue weighted by Gasteiger charge is 2.48. The Hall–Kier alpha value is -2.86. The summed E-state index contributed by atoms with van der Waals surface area (Å²) in [6.45, 7) is 6.70. The topological polar surface area (TPSA) is 81.7 Å². The van der Waals surface area contributed by atoms with Crippen molar-refractivity contribution in [2.75, 3.05) is 11.9 Å². The van der Waals surface area contributed by atoms with Gasteiger partial charge in [-0.15, -0.1) is 0 Å². The second-order valence-corrected chi connectivity index (χ2v) is 7.61. The predicted molar refractivity (Wildman–Crippen MR) is 104 cm³/mol. The van der Waals surface area contributed by atoms with Crippen molar-refractivity contribution in [2.45, 2.75) is 38.3 Å². The highest BCUT2D eigenvalue weighted by molar-refractivity contribution is 5.94. The minimum absolute atomic E-state index is 0.0496. The van der Waals surface area contributed by atoms with Crippen molar-refractivity contribution in [3.63, 3.8) is 0 Å². The predicted octanol–water partition coefficient (Wildman–Crippen LogP) is 3.14. The number of hydroxylamine groups is 1. The summed E-state index contributed by atoms with van der Waals surface area (Å²) in [5, 5.41) is 12.0. The first-order chi connectivity index (χ1) is 12.8. The van der Waals surface area contributed by atoms with Gasteiger partial charge in [-0.1, -0.05) is 30.3 Å². The van der Waals surface area contributed by atoms with Crippen LogP contribution >= 0.6 is 0 Å². The quantitative estimate of drug-likeness (QED) is 0.560. The fraction of sp³-hybridized carbons (Fsp3) is 0.333. The van der Waals surface area contributed by atoms with E-state index < -0.39 is 17.0 Å². The molecule has 2 aromatic rings. The van der Waals surface area contributed by atoms with E-state index in [1.54, 1.807) is 29.7 Å². The molecule has 0 aliphatic carbocycles. The number of nitrogens with one attached hydrogen (secondary N) is 2. The molecule has 2 amide bonds. The Morgan fingerprint density at radius 2 is 1.74 bits per heavy atom. The Kier molecular flexibility index (Phi) is 4.93. The summed E-state index contributed by atoms with van der Waals surface area (Å²) in [4.78, 5) is 26.6. The highest BCUT2D eigenvalue weighted by atomic mass is 16.5. The molecule has 1 aliphatic rings. The third kappa shape index (κ3) is 3.53. The first-order valence-corrected chi connectivity index (χ1v) is 8.98. The molecule has 27 heavy (non-hydrogen) atoms. The molecule has 1 aliphatic heterocycles. The van der Waals surface area contributed by atoms with E-state index >= 15 is 0 Å². The van der Waals surface area contributed by atoms with Gasteiger partial charge < -0.3 is 10.2 Å². The summed E-state index contributed by atoms with van der Waals surface area (Å²) in [7, 11) is 0. The first kappa shape index (κ1) is 18.9. The summed E-state index contributed by atoms with van der Waals surface area (Å²) in [5.41, 5.74) is 2.68. The zero-order valence-electron chi connectivity index (χ0n) is 15.8. The lowest BCUT2D eigenvalue weighted by atomic mass is 9.92. The van der Waals surface area contributed by atoms with Crippen LogP contribution in [0.2, 0.25) is 0 Å². The van der Waals surface area contributed by atoms with E-state index in [0.29, 0.717) is 18.5 Å². The lowest BCUT2D eigenvalue weighted by molar-refractivity contribution is -0.135. The number of carbonyl (C=O) groups is 2. The molecule has 6 heteroatoms. The maximum atomic E-state index is 13.2. The lowest BCUT2D eigenvalue weighted by Crippen LogP contribution is -2.49. The van der Waals surface area contributed by atoms with Gasteiger partial charge in [-0.2, -0.15) is 0 Å². The average molecular weight is 367 g/mol. The van der Waals surface area contributed by atoms with Crippen LogP contribution in [0.25, 0.3) is 0 Å². The third-order valence-corrected chi connectivity index (χ3v) is 5.38. The van der Waals surface area contributed by atoms with Gasteiger partial charge in [-0.25, -0.2) is 5.48 Å². The molecule has 142 valence electrons. The zero-order chi connectivity index (χ0) is 19.7. The van der Waals surface area contributed by atoms with Crippen molar-refractivity contribution < 1.29 is 14.8 Å². The standard InChI is InChI=1S/C21H25N3O3/c1-20(2,16-7-5-4-6-8-16)24-14-13-21(3,19(24)26)22-17-11-9-15(10-12-17)18(25)23-27/h4-12,22,27H,13-14H2,1-3H3,(H,23,25). The van der Waals surface area contributed by atoms with E-state index in [1.165, 1.54) is 0 Å². The van der Waals surface area contributed by atoms with Gasteiger partial charge in [0, 0.05) is 17.8 Å². The summed E-state index contributed by atoms with van der Waals surface area (Å²) in [5.74, 6) is -0.519. The molecular formula is C21H25N3O3. The van der Waals surface area contributed by atoms with E-state index in [-0.39, 0.29) is 5.91 Å². The van der Waals surface area contributed by atoms with Gasteiger partial charge in [0.2, 0.25) is 5.91 Å². The Morgan fingerprint density at radius 3 is 2.33 bits per heavy atom. The van der Waals surface area contributed by atoms with E-state index in [4.69, 9.17) is 5.21 Å². The number of carbonyl (C=O) groups excluding carboxylic acids is 2. The molecule has 1 unspecified atom stereocenters. The smallest absolute Gasteiger partial charge is 0.274 e. The van der Waals surface area contributed by atoms with Crippen molar-refractivity contribution >= 4 is 17.5 Å². The highest BCUT2D eigenvalue weighted by Crippen LogP contribution is 2.36. The third-order valence-electron chi connectivity index (χ3n) is 5.38. The molecule has 0 saturated carbocycles. The van der Waals surface area contributed by atoms with Crippen LogP contribution in [0.4, 0.5) is 5.69 Å². The van der Waals surface area contributed by atoms with Crippen LogP contribution in [0, 0.1) is 0 Å².